The van der Waals surface area contributed by atoms with Gasteiger partial charge in [0.15, 0.2) is 0 Å². The molecule has 2 N–H and O–H groups in total. The highest BCUT2D eigenvalue weighted by Gasteiger charge is 2.23. The summed E-state index contributed by atoms with van der Waals surface area (Å²) >= 11 is 0. The van der Waals surface area contributed by atoms with E-state index in [2.05, 4.69) is 43.5 Å². The Labute approximate surface area is 124 Å². The number of rotatable bonds is 7. The largest absolute Gasteiger partial charge is 0.352 e. The lowest BCUT2D eigenvalue weighted by Gasteiger charge is -2.30. The summed E-state index contributed by atoms with van der Waals surface area (Å²) in [4.78, 5) is 14.4. The topological polar surface area (TPSA) is 44.4 Å². The second kappa shape index (κ2) is 8.63. The molecule has 0 aromatic rings. The minimum atomic E-state index is -0.121. The maximum Gasteiger partial charge on any atom is 0.237 e. The minimum Gasteiger partial charge on any atom is -0.352 e. The van der Waals surface area contributed by atoms with E-state index in [9.17, 15) is 4.79 Å². The highest BCUT2D eigenvalue weighted by molar-refractivity contribution is 5.81. The van der Waals surface area contributed by atoms with Gasteiger partial charge in [-0.15, -0.1) is 0 Å². The maximum atomic E-state index is 12.3. The molecule has 1 rings (SSSR count). The zero-order valence-corrected chi connectivity index (χ0v) is 13.9. The molecule has 4 nitrogen and oxygen atoms in total. The van der Waals surface area contributed by atoms with Crippen LogP contribution in [-0.4, -0.2) is 49.6 Å². The SMILES string of the molecule is CC(NC(CN(C)C)C(C)C)C(=O)NC1CCCCC1. The number of hydrogen-bond donors (Lipinski definition) is 2. The van der Waals surface area contributed by atoms with Gasteiger partial charge in [-0.1, -0.05) is 33.1 Å². The van der Waals surface area contributed by atoms with Gasteiger partial charge in [-0.2, -0.15) is 0 Å². The van der Waals surface area contributed by atoms with Crippen LogP contribution in [0.1, 0.15) is 52.9 Å². The first-order chi connectivity index (χ1) is 9.40. The van der Waals surface area contributed by atoms with Gasteiger partial charge in [-0.25, -0.2) is 0 Å². The minimum absolute atomic E-state index is 0.121. The van der Waals surface area contributed by atoms with E-state index < -0.39 is 0 Å². The first kappa shape index (κ1) is 17.4. The molecule has 0 aliphatic heterocycles. The smallest absolute Gasteiger partial charge is 0.237 e. The van der Waals surface area contributed by atoms with Gasteiger partial charge in [0.25, 0.3) is 0 Å². The molecule has 1 aliphatic carbocycles. The van der Waals surface area contributed by atoms with Crippen molar-refractivity contribution in [3.63, 3.8) is 0 Å². The number of nitrogens with one attached hydrogen (secondary N) is 2. The number of carbonyl (C=O) groups is 1. The monoisotopic (exact) mass is 283 g/mol. The number of carbonyl (C=O) groups excluding carboxylic acids is 1. The number of nitrogens with zero attached hydrogens (tertiary/aromatic N) is 1. The van der Waals surface area contributed by atoms with Crippen LogP contribution in [0.4, 0.5) is 0 Å². The van der Waals surface area contributed by atoms with Gasteiger partial charge in [0.2, 0.25) is 5.91 Å². The standard InChI is InChI=1S/C16H33N3O/c1-12(2)15(11-19(4)5)17-13(3)16(20)18-14-9-7-6-8-10-14/h12-15,17H,6-11H2,1-5H3,(H,18,20). The Morgan fingerprint density at radius 2 is 1.75 bits per heavy atom. The molecule has 2 atom stereocenters. The first-order valence-electron chi connectivity index (χ1n) is 8.11. The van der Waals surface area contributed by atoms with Crippen molar-refractivity contribution in [2.75, 3.05) is 20.6 Å². The number of likely N-dealkylation sites (N-methyl/N-ethyl adjacent to an activating group) is 1. The average Bonchev–Trinajstić information content (AvgIpc) is 2.38. The lowest BCUT2D eigenvalue weighted by molar-refractivity contribution is -0.124. The van der Waals surface area contributed by atoms with E-state index in [1.807, 2.05) is 6.92 Å². The van der Waals surface area contributed by atoms with Crippen molar-refractivity contribution in [3.8, 4) is 0 Å². The van der Waals surface area contributed by atoms with Gasteiger partial charge in [0.05, 0.1) is 6.04 Å². The Morgan fingerprint density at radius 1 is 1.15 bits per heavy atom. The number of amides is 1. The zero-order valence-electron chi connectivity index (χ0n) is 13.9. The van der Waals surface area contributed by atoms with Crippen molar-refractivity contribution in [1.29, 1.82) is 0 Å². The fraction of sp³-hybridized carbons (Fsp3) is 0.938. The first-order valence-corrected chi connectivity index (χ1v) is 8.11. The Balaban J connectivity index is 2.41. The summed E-state index contributed by atoms with van der Waals surface area (Å²) in [5, 5.41) is 6.68. The molecule has 118 valence electrons. The van der Waals surface area contributed by atoms with Gasteiger partial charge >= 0.3 is 0 Å². The summed E-state index contributed by atoms with van der Waals surface area (Å²) in [5.41, 5.74) is 0. The Bertz CT molecular complexity index is 285. The summed E-state index contributed by atoms with van der Waals surface area (Å²) in [6.45, 7) is 7.34. The van der Waals surface area contributed by atoms with Crippen molar-refractivity contribution >= 4 is 5.91 Å². The quantitative estimate of drug-likeness (QED) is 0.751. The van der Waals surface area contributed by atoms with E-state index in [4.69, 9.17) is 0 Å². The van der Waals surface area contributed by atoms with Crippen LogP contribution in [0.2, 0.25) is 0 Å². The van der Waals surface area contributed by atoms with Crippen LogP contribution in [0.5, 0.6) is 0 Å². The molecule has 0 saturated heterocycles. The molecule has 2 unspecified atom stereocenters. The van der Waals surface area contributed by atoms with Gasteiger partial charge < -0.3 is 15.5 Å². The number of hydrogen-bond acceptors (Lipinski definition) is 3. The van der Waals surface area contributed by atoms with Crippen molar-refractivity contribution in [2.24, 2.45) is 5.92 Å². The molecule has 4 heteroatoms. The van der Waals surface area contributed by atoms with E-state index >= 15 is 0 Å². The Morgan fingerprint density at radius 3 is 2.25 bits per heavy atom. The molecule has 0 heterocycles. The highest BCUT2D eigenvalue weighted by atomic mass is 16.2. The Kier molecular flexibility index (Phi) is 7.52. The fourth-order valence-corrected chi connectivity index (χ4v) is 2.82. The molecule has 1 fully saturated rings. The highest BCUT2D eigenvalue weighted by Crippen LogP contribution is 2.17. The van der Waals surface area contributed by atoms with Crippen LogP contribution in [0.3, 0.4) is 0 Å². The van der Waals surface area contributed by atoms with Gasteiger partial charge in [0, 0.05) is 18.6 Å². The summed E-state index contributed by atoms with van der Waals surface area (Å²) in [5.74, 6) is 0.670. The summed E-state index contributed by atoms with van der Waals surface area (Å²) in [6, 6.07) is 0.619. The Hall–Kier alpha value is -0.610. The molecule has 1 saturated carbocycles. The van der Waals surface area contributed by atoms with Crippen molar-refractivity contribution in [2.45, 2.75) is 71.0 Å². The van der Waals surface area contributed by atoms with Gasteiger partial charge in [-0.3, -0.25) is 4.79 Å². The second-order valence-electron chi connectivity index (χ2n) is 6.84. The summed E-state index contributed by atoms with van der Waals surface area (Å²) in [6.07, 6.45) is 6.11. The van der Waals surface area contributed by atoms with Crippen molar-refractivity contribution < 1.29 is 4.79 Å². The normalized spacial score (nSPS) is 20.1. The molecule has 1 amide bonds. The lowest BCUT2D eigenvalue weighted by atomic mass is 9.95. The molecule has 0 radical (unpaired) electrons. The molecule has 0 aromatic carbocycles. The molecule has 0 aromatic heterocycles. The molecular formula is C16H33N3O. The summed E-state index contributed by atoms with van der Waals surface area (Å²) < 4.78 is 0. The average molecular weight is 283 g/mol. The van der Waals surface area contributed by atoms with Gasteiger partial charge in [0.1, 0.15) is 0 Å². The molecule has 1 aliphatic rings. The fourth-order valence-electron chi connectivity index (χ4n) is 2.82. The molecule has 0 bridgehead atoms. The third-order valence-corrected chi connectivity index (χ3v) is 4.18. The third-order valence-electron chi connectivity index (χ3n) is 4.18. The van der Waals surface area contributed by atoms with Crippen molar-refractivity contribution in [1.82, 2.24) is 15.5 Å². The zero-order chi connectivity index (χ0) is 15.1. The van der Waals surface area contributed by atoms with Crippen LogP contribution in [0.25, 0.3) is 0 Å². The van der Waals surface area contributed by atoms with Gasteiger partial charge in [-0.05, 0) is 39.8 Å². The van der Waals surface area contributed by atoms with Crippen molar-refractivity contribution in [3.05, 3.63) is 0 Å². The van der Waals surface area contributed by atoms with E-state index in [1.54, 1.807) is 0 Å². The summed E-state index contributed by atoms with van der Waals surface area (Å²) in [7, 11) is 4.15. The van der Waals surface area contributed by atoms with Crippen LogP contribution in [0, 0.1) is 5.92 Å². The van der Waals surface area contributed by atoms with Crippen LogP contribution < -0.4 is 10.6 Å². The third kappa shape index (κ3) is 6.23. The second-order valence-corrected chi connectivity index (χ2v) is 6.84. The van der Waals surface area contributed by atoms with E-state index in [0.29, 0.717) is 18.0 Å². The van der Waals surface area contributed by atoms with E-state index in [1.165, 1.54) is 19.3 Å². The van der Waals surface area contributed by atoms with Crippen LogP contribution in [-0.2, 0) is 4.79 Å². The van der Waals surface area contributed by atoms with E-state index in [0.717, 1.165) is 19.4 Å². The van der Waals surface area contributed by atoms with Crippen LogP contribution >= 0.6 is 0 Å². The van der Waals surface area contributed by atoms with Crippen LogP contribution in [0.15, 0.2) is 0 Å². The predicted octanol–water partition coefficient (Wildman–Crippen LogP) is 2.00. The van der Waals surface area contributed by atoms with E-state index in [-0.39, 0.29) is 11.9 Å². The predicted molar refractivity (Wildman–Crippen MR) is 84.8 cm³/mol. The molecule has 0 spiro atoms. The molecule has 20 heavy (non-hydrogen) atoms. The lowest BCUT2D eigenvalue weighted by Crippen LogP contribution is -2.53. The molecular weight excluding hydrogens is 250 g/mol. The maximum absolute atomic E-state index is 12.3.